The van der Waals surface area contributed by atoms with Crippen LogP contribution < -0.4 is 14.8 Å². The minimum absolute atomic E-state index is 0.196. The summed E-state index contributed by atoms with van der Waals surface area (Å²) < 4.78 is 12.1. The molecule has 0 bridgehead atoms. The molecule has 0 saturated carbocycles. The Bertz CT molecular complexity index is 1200. The Kier molecular flexibility index (Phi) is 5.66. The highest BCUT2D eigenvalue weighted by molar-refractivity contribution is 6.04. The fraction of sp³-hybridized carbons (Fsp3) is 0.125. The fourth-order valence-electron chi connectivity index (χ4n) is 3.19. The van der Waals surface area contributed by atoms with Gasteiger partial charge < -0.3 is 14.8 Å². The van der Waals surface area contributed by atoms with Crippen LogP contribution in [0.3, 0.4) is 0 Å². The molecule has 7 nitrogen and oxygen atoms in total. The molecule has 1 N–H and O–H groups in total. The van der Waals surface area contributed by atoms with Crippen LogP contribution in [-0.4, -0.2) is 34.9 Å². The molecule has 1 aromatic heterocycles. The molecule has 0 aliphatic heterocycles. The van der Waals surface area contributed by atoms with E-state index in [2.05, 4.69) is 15.4 Å². The van der Waals surface area contributed by atoms with Crippen LogP contribution in [0.15, 0.2) is 72.8 Å². The normalized spacial score (nSPS) is 10.5. The third-order valence-corrected chi connectivity index (χ3v) is 4.88. The van der Waals surface area contributed by atoms with Crippen molar-refractivity contribution < 1.29 is 14.3 Å². The molecule has 0 saturated heterocycles. The van der Waals surface area contributed by atoms with Crippen LogP contribution in [-0.2, 0) is 0 Å². The van der Waals surface area contributed by atoms with E-state index in [0.29, 0.717) is 22.8 Å². The topological polar surface area (TPSA) is 78.3 Å². The van der Waals surface area contributed by atoms with Crippen LogP contribution in [0.25, 0.3) is 17.1 Å². The molecule has 31 heavy (non-hydrogen) atoms. The summed E-state index contributed by atoms with van der Waals surface area (Å²) in [6, 6.07) is 22.6. The number of amides is 1. The van der Waals surface area contributed by atoms with E-state index in [-0.39, 0.29) is 11.9 Å². The number of nitrogens with zero attached hydrogens (tertiary/aromatic N) is 3. The van der Waals surface area contributed by atoms with Crippen molar-refractivity contribution in [3.05, 3.63) is 83.9 Å². The van der Waals surface area contributed by atoms with Gasteiger partial charge in [-0.2, -0.15) is 4.98 Å². The second kappa shape index (κ2) is 8.71. The Labute approximate surface area is 180 Å². The number of aromatic nitrogens is 3. The van der Waals surface area contributed by atoms with Gasteiger partial charge in [0.25, 0.3) is 5.91 Å². The van der Waals surface area contributed by atoms with Gasteiger partial charge >= 0.3 is 6.01 Å². The molecule has 4 rings (SSSR count). The Morgan fingerprint density at radius 2 is 1.61 bits per heavy atom. The van der Waals surface area contributed by atoms with Crippen LogP contribution in [0, 0.1) is 6.92 Å². The van der Waals surface area contributed by atoms with E-state index in [4.69, 9.17) is 9.47 Å². The van der Waals surface area contributed by atoms with E-state index in [1.54, 1.807) is 43.2 Å². The molecule has 0 aliphatic rings. The largest absolute Gasteiger partial charge is 0.497 e. The summed E-state index contributed by atoms with van der Waals surface area (Å²) in [7, 11) is 3.13. The summed E-state index contributed by atoms with van der Waals surface area (Å²) in [6.07, 6.45) is 0. The lowest BCUT2D eigenvalue weighted by Crippen LogP contribution is -2.11. The first kappa shape index (κ1) is 20.2. The van der Waals surface area contributed by atoms with Crippen molar-refractivity contribution in [3.8, 4) is 28.8 Å². The van der Waals surface area contributed by atoms with Crippen LogP contribution in [0.2, 0.25) is 0 Å². The number of rotatable bonds is 6. The fourth-order valence-corrected chi connectivity index (χ4v) is 3.19. The number of methoxy groups -OCH3 is 2. The minimum Gasteiger partial charge on any atom is -0.497 e. The minimum atomic E-state index is -0.196. The number of nitrogens with one attached hydrogen (secondary N) is 1. The van der Waals surface area contributed by atoms with Crippen molar-refractivity contribution in [2.45, 2.75) is 6.92 Å². The standard InChI is InChI=1S/C24H22N4O3/c1-16-6-4-5-7-21(16)22-26-24(31-3)27-28(22)19-12-10-18(11-13-19)25-23(29)17-8-14-20(30-2)15-9-17/h4-15H,1-3H3,(H,25,29). The van der Waals surface area contributed by atoms with E-state index in [1.807, 2.05) is 55.5 Å². The second-order valence-electron chi connectivity index (χ2n) is 6.88. The highest BCUT2D eigenvalue weighted by Crippen LogP contribution is 2.26. The van der Waals surface area contributed by atoms with Gasteiger partial charge in [-0.25, -0.2) is 4.68 Å². The Morgan fingerprint density at radius 1 is 0.903 bits per heavy atom. The highest BCUT2D eigenvalue weighted by Gasteiger charge is 2.16. The van der Waals surface area contributed by atoms with Crippen LogP contribution >= 0.6 is 0 Å². The molecule has 0 radical (unpaired) electrons. The van der Waals surface area contributed by atoms with Crippen molar-refractivity contribution in [2.24, 2.45) is 0 Å². The lowest BCUT2D eigenvalue weighted by Gasteiger charge is -2.10. The number of ether oxygens (including phenoxy) is 2. The number of aryl methyl sites for hydroxylation is 1. The van der Waals surface area contributed by atoms with E-state index in [1.165, 1.54) is 0 Å². The summed E-state index contributed by atoms with van der Waals surface area (Å²) >= 11 is 0. The van der Waals surface area contributed by atoms with Gasteiger partial charge in [-0.15, -0.1) is 5.10 Å². The molecule has 0 spiro atoms. The molecule has 1 amide bonds. The average molecular weight is 414 g/mol. The third kappa shape index (κ3) is 4.25. The van der Waals surface area contributed by atoms with Crippen LogP contribution in [0.4, 0.5) is 5.69 Å². The zero-order valence-corrected chi connectivity index (χ0v) is 17.5. The predicted octanol–water partition coefficient (Wildman–Crippen LogP) is 4.51. The quantitative estimate of drug-likeness (QED) is 0.502. The zero-order chi connectivity index (χ0) is 21.8. The molecule has 7 heteroatoms. The second-order valence-corrected chi connectivity index (χ2v) is 6.88. The molecule has 0 unspecified atom stereocenters. The van der Waals surface area contributed by atoms with Crippen molar-refractivity contribution in [1.29, 1.82) is 0 Å². The van der Waals surface area contributed by atoms with Crippen LogP contribution in [0.1, 0.15) is 15.9 Å². The van der Waals surface area contributed by atoms with Gasteiger partial charge in [0.1, 0.15) is 5.75 Å². The first-order chi connectivity index (χ1) is 15.1. The van der Waals surface area contributed by atoms with E-state index < -0.39 is 0 Å². The van der Waals surface area contributed by atoms with Gasteiger partial charge in [-0.3, -0.25) is 4.79 Å². The van der Waals surface area contributed by atoms with E-state index in [9.17, 15) is 4.79 Å². The third-order valence-electron chi connectivity index (χ3n) is 4.88. The lowest BCUT2D eigenvalue weighted by molar-refractivity contribution is 0.102. The van der Waals surface area contributed by atoms with Gasteiger partial charge in [0.05, 0.1) is 19.9 Å². The average Bonchev–Trinajstić information content (AvgIpc) is 3.24. The molecule has 1 heterocycles. The van der Waals surface area contributed by atoms with E-state index >= 15 is 0 Å². The molecular weight excluding hydrogens is 392 g/mol. The zero-order valence-electron chi connectivity index (χ0n) is 17.5. The lowest BCUT2D eigenvalue weighted by atomic mass is 10.1. The van der Waals surface area contributed by atoms with Crippen LogP contribution in [0.5, 0.6) is 11.8 Å². The summed E-state index contributed by atoms with van der Waals surface area (Å²) in [6.45, 7) is 2.03. The highest BCUT2D eigenvalue weighted by atomic mass is 16.5. The van der Waals surface area contributed by atoms with Gasteiger partial charge in [0.15, 0.2) is 5.82 Å². The van der Waals surface area contributed by atoms with Gasteiger partial charge in [0, 0.05) is 16.8 Å². The molecule has 156 valence electrons. The molecule has 3 aromatic carbocycles. The van der Waals surface area contributed by atoms with E-state index in [0.717, 1.165) is 16.8 Å². The smallest absolute Gasteiger partial charge is 0.336 e. The summed E-state index contributed by atoms with van der Waals surface area (Å²) in [5.41, 5.74) is 4.08. The monoisotopic (exact) mass is 414 g/mol. The maximum atomic E-state index is 12.5. The first-order valence-corrected chi connectivity index (χ1v) is 9.72. The predicted molar refractivity (Wildman–Crippen MR) is 119 cm³/mol. The number of hydrogen-bond donors (Lipinski definition) is 1. The maximum Gasteiger partial charge on any atom is 0.336 e. The molecule has 4 aromatic rings. The van der Waals surface area contributed by atoms with Crippen molar-refractivity contribution in [1.82, 2.24) is 14.8 Å². The number of carbonyl (C=O) groups is 1. The molecule has 0 aliphatic carbocycles. The SMILES string of the molecule is COc1ccc(C(=O)Nc2ccc(-n3nc(OC)nc3-c3ccccc3C)cc2)cc1. The Balaban J connectivity index is 1.59. The molecular formula is C24H22N4O3. The maximum absolute atomic E-state index is 12.5. The Hall–Kier alpha value is -4.13. The van der Waals surface area contributed by atoms with Gasteiger partial charge in [-0.1, -0.05) is 24.3 Å². The number of carbonyl (C=O) groups excluding carboxylic acids is 1. The number of hydrogen-bond acceptors (Lipinski definition) is 5. The van der Waals surface area contributed by atoms with Crippen molar-refractivity contribution in [3.63, 3.8) is 0 Å². The molecule has 0 fully saturated rings. The number of benzene rings is 3. The molecule has 0 atom stereocenters. The first-order valence-electron chi connectivity index (χ1n) is 9.72. The van der Waals surface area contributed by atoms with Gasteiger partial charge in [0.2, 0.25) is 0 Å². The number of anilines is 1. The van der Waals surface area contributed by atoms with Gasteiger partial charge in [-0.05, 0) is 61.0 Å². The van der Waals surface area contributed by atoms with Crippen molar-refractivity contribution >= 4 is 11.6 Å². The summed E-state index contributed by atoms with van der Waals surface area (Å²) in [5, 5.41) is 7.35. The Morgan fingerprint density at radius 3 is 2.26 bits per heavy atom. The summed E-state index contributed by atoms with van der Waals surface area (Å²) in [5.74, 6) is 1.19. The van der Waals surface area contributed by atoms with Crippen molar-refractivity contribution in [2.75, 3.05) is 19.5 Å². The summed E-state index contributed by atoms with van der Waals surface area (Å²) in [4.78, 5) is 17.0.